The minimum absolute atomic E-state index is 0.0834. The Labute approximate surface area is 110 Å². The second kappa shape index (κ2) is 7.40. The van der Waals surface area contributed by atoms with Gasteiger partial charge < -0.3 is 10.1 Å². The highest BCUT2D eigenvalue weighted by Crippen LogP contribution is 2.14. The maximum atomic E-state index is 12.3. The number of rotatable bonds is 7. The summed E-state index contributed by atoms with van der Waals surface area (Å²) in [6.07, 6.45) is 0.822. The van der Waals surface area contributed by atoms with E-state index in [1.807, 2.05) is 13.8 Å². The maximum Gasteiger partial charge on any atom is 0.282 e. The van der Waals surface area contributed by atoms with Gasteiger partial charge >= 0.3 is 0 Å². The molecule has 0 aliphatic carbocycles. The molecule has 0 saturated carbocycles. The predicted octanol–water partition coefficient (Wildman–Crippen LogP) is -0.117. The van der Waals surface area contributed by atoms with E-state index in [1.165, 1.54) is 8.61 Å². The van der Waals surface area contributed by atoms with Crippen LogP contribution in [0.3, 0.4) is 0 Å². The third-order valence-corrected chi connectivity index (χ3v) is 5.18. The van der Waals surface area contributed by atoms with Crippen LogP contribution in [0, 0.1) is 0 Å². The first-order valence-corrected chi connectivity index (χ1v) is 7.91. The topological polar surface area (TPSA) is 61.9 Å². The van der Waals surface area contributed by atoms with Crippen LogP contribution in [0.2, 0.25) is 0 Å². The van der Waals surface area contributed by atoms with Gasteiger partial charge in [0, 0.05) is 26.2 Å². The van der Waals surface area contributed by atoms with E-state index in [0.29, 0.717) is 26.3 Å². The van der Waals surface area contributed by atoms with Gasteiger partial charge in [0.25, 0.3) is 10.2 Å². The van der Waals surface area contributed by atoms with Crippen LogP contribution in [0.1, 0.15) is 20.3 Å². The van der Waals surface area contributed by atoms with Crippen LogP contribution >= 0.6 is 0 Å². The zero-order chi connectivity index (χ0) is 13.6. The van der Waals surface area contributed by atoms with E-state index in [-0.39, 0.29) is 6.04 Å². The van der Waals surface area contributed by atoms with Gasteiger partial charge in [-0.1, -0.05) is 6.92 Å². The highest BCUT2D eigenvalue weighted by atomic mass is 32.2. The fourth-order valence-electron chi connectivity index (χ4n) is 1.95. The van der Waals surface area contributed by atoms with Crippen molar-refractivity contribution < 1.29 is 13.2 Å². The van der Waals surface area contributed by atoms with Crippen molar-refractivity contribution >= 4 is 10.2 Å². The summed E-state index contributed by atoms with van der Waals surface area (Å²) >= 11 is 0. The molecular weight excluding hydrogens is 254 g/mol. The second-order valence-corrected chi connectivity index (χ2v) is 6.56. The molecule has 0 aromatic carbocycles. The van der Waals surface area contributed by atoms with Gasteiger partial charge in [-0.3, -0.25) is 0 Å². The molecule has 0 aromatic rings. The predicted molar refractivity (Wildman–Crippen MR) is 71.7 cm³/mol. The molecule has 7 heteroatoms. The van der Waals surface area contributed by atoms with Crippen LogP contribution in [0.4, 0.5) is 0 Å². The van der Waals surface area contributed by atoms with Gasteiger partial charge in [0.1, 0.15) is 0 Å². The molecule has 1 N–H and O–H groups in total. The SMILES string of the molecule is CCNCCCN(C)S(=O)(=O)N1CCOCC1C. The second-order valence-electron chi connectivity index (χ2n) is 4.57. The third kappa shape index (κ3) is 4.17. The summed E-state index contributed by atoms with van der Waals surface area (Å²) in [6.45, 7) is 7.62. The smallest absolute Gasteiger partial charge is 0.282 e. The van der Waals surface area contributed by atoms with E-state index in [2.05, 4.69) is 5.32 Å². The van der Waals surface area contributed by atoms with E-state index < -0.39 is 10.2 Å². The van der Waals surface area contributed by atoms with Crippen molar-refractivity contribution in [3.05, 3.63) is 0 Å². The first-order chi connectivity index (χ1) is 8.50. The fraction of sp³-hybridized carbons (Fsp3) is 1.00. The van der Waals surface area contributed by atoms with E-state index in [0.717, 1.165) is 19.5 Å². The molecule has 6 nitrogen and oxygen atoms in total. The van der Waals surface area contributed by atoms with Crippen LogP contribution in [-0.2, 0) is 14.9 Å². The number of morpholine rings is 1. The molecule has 1 saturated heterocycles. The summed E-state index contributed by atoms with van der Waals surface area (Å²) < 4.78 is 32.9. The number of nitrogens with zero attached hydrogens (tertiary/aromatic N) is 2. The van der Waals surface area contributed by atoms with E-state index in [4.69, 9.17) is 4.74 Å². The Morgan fingerprint density at radius 1 is 1.50 bits per heavy atom. The normalized spacial score (nSPS) is 22.6. The molecule has 1 unspecified atom stereocenters. The average molecular weight is 279 g/mol. The molecule has 108 valence electrons. The highest BCUT2D eigenvalue weighted by molar-refractivity contribution is 7.86. The largest absolute Gasteiger partial charge is 0.378 e. The van der Waals surface area contributed by atoms with E-state index >= 15 is 0 Å². The van der Waals surface area contributed by atoms with Crippen LogP contribution in [0.25, 0.3) is 0 Å². The molecule has 1 rings (SSSR count). The van der Waals surface area contributed by atoms with Gasteiger partial charge in [0.05, 0.1) is 13.2 Å². The van der Waals surface area contributed by atoms with Crippen molar-refractivity contribution in [2.24, 2.45) is 0 Å². The maximum absolute atomic E-state index is 12.3. The molecule has 0 radical (unpaired) electrons. The van der Waals surface area contributed by atoms with Crippen LogP contribution in [-0.4, -0.2) is 69.5 Å². The van der Waals surface area contributed by atoms with Crippen molar-refractivity contribution in [3.8, 4) is 0 Å². The quantitative estimate of drug-likeness (QED) is 0.660. The van der Waals surface area contributed by atoms with Crippen molar-refractivity contribution in [2.75, 3.05) is 46.4 Å². The zero-order valence-electron chi connectivity index (χ0n) is 11.6. The first kappa shape index (κ1) is 15.8. The molecular formula is C11H25N3O3S. The van der Waals surface area contributed by atoms with E-state index in [9.17, 15) is 8.42 Å². The summed E-state index contributed by atoms with van der Waals surface area (Å²) in [5.74, 6) is 0. The molecule has 0 spiro atoms. The number of nitrogens with one attached hydrogen (secondary N) is 1. The Morgan fingerprint density at radius 3 is 2.83 bits per heavy atom. The minimum Gasteiger partial charge on any atom is -0.378 e. The first-order valence-electron chi connectivity index (χ1n) is 6.51. The lowest BCUT2D eigenvalue weighted by atomic mass is 10.3. The van der Waals surface area contributed by atoms with Crippen molar-refractivity contribution in [2.45, 2.75) is 26.3 Å². The fourth-order valence-corrected chi connectivity index (χ4v) is 3.49. The minimum atomic E-state index is -3.34. The molecule has 1 aliphatic rings. The van der Waals surface area contributed by atoms with Gasteiger partial charge in [-0.05, 0) is 26.4 Å². The number of ether oxygens (including phenoxy) is 1. The molecule has 0 aromatic heterocycles. The lowest BCUT2D eigenvalue weighted by Crippen LogP contribution is -2.52. The Hall–Kier alpha value is -0.210. The van der Waals surface area contributed by atoms with E-state index in [1.54, 1.807) is 7.05 Å². The highest BCUT2D eigenvalue weighted by Gasteiger charge is 2.32. The molecule has 1 heterocycles. The lowest BCUT2D eigenvalue weighted by molar-refractivity contribution is 0.0368. The summed E-state index contributed by atoms with van der Waals surface area (Å²) in [4.78, 5) is 0. The molecule has 1 fully saturated rings. The standard InChI is InChI=1S/C11H25N3O3S/c1-4-12-6-5-7-13(3)18(15,16)14-8-9-17-10-11(14)2/h11-12H,4-10H2,1-3H3. The molecule has 1 aliphatic heterocycles. The summed E-state index contributed by atoms with van der Waals surface area (Å²) in [5.41, 5.74) is 0. The van der Waals surface area contributed by atoms with Gasteiger partial charge in [0.2, 0.25) is 0 Å². The van der Waals surface area contributed by atoms with Crippen molar-refractivity contribution in [3.63, 3.8) is 0 Å². The number of hydrogen-bond donors (Lipinski definition) is 1. The molecule has 1 atom stereocenters. The summed E-state index contributed by atoms with van der Waals surface area (Å²) in [7, 11) is -1.70. The Morgan fingerprint density at radius 2 is 2.22 bits per heavy atom. The van der Waals surface area contributed by atoms with Crippen LogP contribution in [0.5, 0.6) is 0 Å². The lowest BCUT2D eigenvalue weighted by Gasteiger charge is -2.35. The molecule has 0 bridgehead atoms. The van der Waals surface area contributed by atoms with Gasteiger partial charge in [-0.25, -0.2) is 0 Å². The van der Waals surface area contributed by atoms with Crippen molar-refractivity contribution in [1.29, 1.82) is 0 Å². The monoisotopic (exact) mass is 279 g/mol. The summed E-state index contributed by atoms with van der Waals surface area (Å²) in [6, 6.07) is -0.0834. The van der Waals surface area contributed by atoms with Gasteiger partial charge in [-0.15, -0.1) is 0 Å². The summed E-state index contributed by atoms with van der Waals surface area (Å²) in [5, 5.41) is 3.19. The van der Waals surface area contributed by atoms with Gasteiger partial charge in [0.15, 0.2) is 0 Å². The zero-order valence-corrected chi connectivity index (χ0v) is 12.4. The number of hydrogen-bond acceptors (Lipinski definition) is 4. The average Bonchev–Trinajstić information content (AvgIpc) is 2.34. The Balaban J connectivity index is 2.50. The molecule has 0 amide bonds. The Bertz CT molecular complexity index is 334. The van der Waals surface area contributed by atoms with Crippen molar-refractivity contribution in [1.82, 2.24) is 13.9 Å². The Kier molecular flexibility index (Phi) is 6.51. The van der Waals surface area contributed by atoms with Crippen LogP contribution < -0.4 is 5.32 Å². The van der Waals surface area contributed by atoms with Crippen LogP contribution in [0.15, 0.2) is 0 Å². The third-order valence-electron chi connectivity index (χ3n) is 3.07. The van der Waals surface area contributed by atoms with Gasteiger partial charge in [-0.2, -0.15) is 17.0 Å². The molecule has 18 heavy (non-hydrogen) atoms.